The van der Waals surface area contributed by atoms with Crippen LogP contribution in [0, 0.1) is 0 Å². The average Bonchev–Trinajstić information content (AvgIpc) is 3.98. The lowest BCUT2D eigenvalue weighted by atomic mass is 9.99. The van der Waals surface area contributed by atoms with Gasteiger partial charge in [0.1, 0.15) is 22.3 Å². The van der Waals surface area contributed by atoms with Crippen LogP contribution < -0.4 is 4.90 Å². The molecular weight excluding hydrogens is 727 g/mol. The normalized spacial score (nSPS) is 11.8. The van der Waals surface area contributed by atoms with Crippen LogP contribution in [0.4, 0.5) is 17.1 Å². The monoisotopic (exact) mass is 759 g/mol. The highest BCUT2D eigenvalue weighted by Gasteiger charge is 2.19. The molecule has 4 heteroatoms. The van der Waals surface area contributed by atoms with Crippen LogP contribution in [0.25, 0.3) is 97.4 Å². The number of hydrogen-bond acceptors (Lipinski definition) is 4. The van der Waals surface area contributed by atoms with E-state index in [1.165, 1.54) is 31.3 Å². The van der Waals surface area contributed by atoms with E-state index in [-0.39, 0.29) is 0 Å². The predicted octanol–water partition coefficient (Wildman–Crippen LogP) is 16.3. The molecule has 0 aliphatic rings. The molecule has 0 radical (unpaired) electrons. The quantitative estimate of drug-likeness (QED) is 0.169. The second-order valence-corrected chi connectivity index (χ2v) is 15.9. The molecular formula is C54H33NO2S. The number of benzene rings is 9. The minimum atomic E-state index is 0.897. The fraction of sp³-hybridized carbons (Fsp3) is 0. The number of anilines is 3. The fourth-order valence-electron chi connectivity index (χ4n) is 8.73. The van der Waals surface area contributed by atoms with E-state index < -0.39 is 0 Å². The molecule has 272 valence electrons. The summed E-state index contributed by atoms with van der Waals surface area (Å²) in [4.78, 5) is 2.37. The van der Waals surface area contributed by atoms with E-state index in [1.54, 1.807) is 0 Å². The third-order valence-electron chi connectivity index (χ3n) is 11.5. The van der Waals surface area contributed by atoms with Gasteiger partial charge in [-0.15, -0.1) is 11.3 Å². The second-order valence-electron chi connectivity index (χ2n) is 14.9. The molecule has 0 fully saturated rings. The Balaban J connectivity index is 1.00. The lowest BCUT2D eigenvalue weighted by Gasteiger charge is -2.27. The topological polar surface area (TPSA) is 29.5 Å². The Bertz CT molecular complexity index is 3380. The van der Waals surface area contributed by atoms with Crippen LogP contribution in [0.3, 0.4) is 0 Å². The molecule has 3 heterocycles. The Hall–Kier alpha value is -7.40. The van der Waals surface area contributed by atoms with Gasteiger partial charge < -0.3 is 13.7 Å². The van der Waals surface area contributed by atoms with Gasteiger partial charge in [-0.05, 0) is 94.5 Å². The summed E-state index contributed by atoms with van der Waals surface area (Å²) in [6.07, 6.45) is 0. The molecule has 9 aromatic carbocycles. The maximum Gasteiger partial charge on any atom is 0.143 e. The van der Waals surface area contributed by atoms with Gasteiger partial charge in [0.15, 0.2) is 0 Å². The summed E-state index contributed by atoms with van der Waals surface area (Å²) in [5, 5.41) is 7.11. The molecule has 0 N–H and O–H groups in total. The van der Waals surface area contributed by atoms with Crippen molar-refractivity contribution in [1.29, 1.82) is 0 Å². The SMILES string of the molecule is c1cc(-c2cccc3c2oc2ccccc23)cc(N(c2ccc(-c3ccc4oc5ccccc5c4c3)cc2)c2cccc(-c3cccc4c3sc3ccccc34)c2)c1. The Kier molecular flexibility index (Phi) is 7.40. The number of furan rings is 2. The maximum atomic E-state index is 6.51. The van der Waals surface area contributed by atoms with E-state index in [9.17, 15) is 0 Å². The second kappa shape index (κ2) is 13.1. The highest BCUT2D eigenvalue weighted by atomic mass is 32.1. The number of thiophene rings is 1. The largest absolute Gasteiger partial charge is 0.456 e. The highest BCUT2D eigenvalue weighted by molar-refractivity contribution is 7.26. The number of hydrogen-bond donors (Lipinski definition) is 0. The van der Waals surface area contributed by atoms with Crippen LogP contribution in [0.15, 0.2) is 209 Å². The molecule has 0 aliphatic heterocycles. The molecule has 58 heavy (non-hydrogen) atoms. The summed E-state index contributed by atoms with van der Waals surface area (Å²) in [6.45, 7) is 0. The van der Waals surface area contributed by atoms with Crippen LogP contribution in [-0.2, 0) is 0 Å². The van der Waals surface area contributed by atoms with Gasteiger partial charge in [0.2, 0.25) is 0 Å². The standard InChI is InChI=1S/C54H33NO2S/c1-5-23-50-43(15-1)46-20-9-18-41(53(46)57-50)36-11-7-13-39(31-36)55(38-28-25-34(26-29-38)35-27-30-51-48(33-35)44-16-2-4-22-49(44)56-51)40-14-8-12-37(32-40)42-19-10-21-47-45-17-3-6-24-52(45)58-54(42)47/h1-33H. The third-order valence-corrected chi connectivity index (χ3v) is 12.7. The Morgan fingerprint density at radius 3 is 1.67 bits per heavy atom. The Morgan fingerprint density at radius 2 is 0.897 bits per heavy atom. The molecule has 3 aromatic heterocycles. The Labute approximate surface area is 338 Å². The lowest BCUT2D eigenvalue weighted by molar-refractivity contribution is 0.669. The zero-order valence-corrected chi connectivity index (χ0v) is 32.0. The van der Waals surface area contributed by atoms with Gasteiger partial charge in [-0.1, -0.05) is 133 Å². The zero-order chi connectivity index (χ0) is 38.2. The van der Waals surface area contributed by atoms with Crippen LogP contribution in [-0.4, -0.2) is 0 Å². The number of fused-ring (bicyclic) bond motifs is 9. The van der Waals surface area contributed by atoms with Gasteiger partial charge in [0.25, 0.3) is 0 Å². The van der Waals surface area contributed by atoms with E-state index in [4.69, 9.17) is 8.83 Å². The molecule has 0 bridgehead atoms. The summed E-state index contributed by atoms with van der Waals surface area (Å²) in [6, 6.07) is 71.6. The van der Waals surface area contributed by atoms with Crippen molar-refractivity contribution in [3.63, 3.8) is 0 Å². The van der Waals surface area contributed by atoms with Crippen molar-refractivity contribution in [3.8, 4) is 33.4 Å². The third kappa shape index (κ3) is 5.27. The molecule has 0 saturated carbocycles. The summed E-state index contributed by atoms with van der Waals surface area (Å²) >= 11 is 1.86. The van der Waals surface area contributed by atoms with Crippen LogP contribution in [0.1, 0.15) is 0 Å². The summed E-state index contributed by atoms with van der Waals surface area (Å²) in [5.41, 5.74) is 13.7. The van der Waals surface area contributed by atoms with Gasteiger partial charge >= 0.3 is 0 Å². The van der Waals surface area contributed by atoms with E-state index in [1.807, 2.05) is 35.6 Å². The minimum absolute atomic E-state index is 0.897. The molecule has 0 saturated heterocycles. The first-order chi connectivity index (χ1) is 28.7. The molecule has 12 aromatic rings. The van der Waals surface area contributed by atoms with E-state index in [0.717, 1.165) is 83.2 Å². The van der Waals surface area contributed by atoms with Gasteiger partial charge in [-0.3, -0.25) is 0 Å². The maximum absolute atomic E-state index is 6.51. The van der Waals surface area contributed by atoms with Crippen molar-refractivity contribution in [2.45, 2.75) is 0 Å². The molecule has 12 rings (SSSR count). The lowest BCUT2D eigenvalue weighted by Crippen LogP contribution is -2.10. The summed E-state index contributed by atoms with van der Waals surface area (Å²) < 4.78 is 15.3. The first-order valence-corrected chi connectivity index (χ1v) is 20.4. The fourth-order valence-corrected chi connectivity index (χ4v) is 9.97. The first-order valence-electron chi connectivity index (χ1n) is 19.6. The minimum Gasteiger partial charge on any atom is -0.456 e. The van der Waals surface area contributed by atoms with Gasteiger partial charge in [0, 0.05) is 64.3 Å². The molecule has 0 spiro atoms. The summed E-state index contributed by atoms with van der Waals surface area (Å²) in [7, 11) is 0. The van der Waals surface area contributed by atoms with Gasteiger partial charge in [-0.2, -0.15) is 0 Å². The van der Waals surface area contributed by atoms with Crippen LogP contribution >= 0.6 is 11.3 Å². The van der Waals surface area contributed by atoms with Crippen molar-refractivity contribution in [3.05, 3.63) is 200 Å². The van der Waals surface area contributed by atoms with Crippen molar-refractivity contribution in [2.75, 3.05) is 4.90 Å². The smallest absolute Gasteiger partial charge is 0.143 e. The van der Waals surface area contributed by atoms with E-state index >= 15 is 0 Å². The molecule has 0 atom stereocenters. The number of nitrogens with zero attached hydrogens (tertiary/aromatic N) is 1. The summed E-state index contributed by atoms with van der Waals surface area (Å²) in [5.74, 6) is 0. The van der Waals surface area contributed by atoms with Crippen molar-refractivity contribution in [2.24, 2.45) is 0 Å². The van der Waals surface area contributed by atoms with Crippen molar-refractivity contribution >= 4 is 92.4 Å². The van der Waals surface area contributed by atoms with Crippen LogP contribution in [0.2, 0.25) is 0 Å². The van der Waals surface area contributed by atoms with E-state index in [2.05, 4.69) is 181 Å². The predicted molar refractivity (Wildman–Crippen MR) is 245 cm³/mol. The van der Waals surface area contributed by atoms with Gasteiger partial charge in [-0.25, -0.2) is 0 Å². The Morgan fingerprint density at radius 1 is 0.328 bits per heavy atom. The first kappa shape index (κ1) is 32.8. The van der Waals surface area contributed by atoms with Crippen LogP contribution in [0.5, 0.6) is 0 Å². The van der Waals surface area contributed by atoms with Crippen molar-refractivity contribution in [1.82, 2.24) is 0 Å². The molecule has 3 nitrogen and oxygen atoms in total. The molecule has 0 amide bonds. The van der Waals surface area contributed by atoms with E-state index in [0.29, 0.717) is 0 Å². The van der Waals surface area contributed by atoms with Gasteiger partial charge in [0.05, 0.1) is 0 Å². The average molecular weight is 760 g/mol. The molecule has 0 unspecified atom stereocenters. The number of rotatable bonds is 6. The zero-order valence-electron chi connectivity index (χ0n) is 31.2. The number of para-hydroxylation sites is 3. The van der Waals surface area contributed by atoms with Crippen molar-refractivity contribution < 1.29 is 8.83 Å². The highest BCUT2D eigenvalue weighted by Crippen LogP contribution is 2.44. The molecule has 0 aliphatic carbocycles.